The zero-order valence-electron chi connectivity index (χ0n) is 11.9. The molecule has 0 amide bonds. The Bertz CT molecular complexity index is 648. The molecular formula is C15H16O5. The van der Waals surface area contributed by atoms with Crippen molar-refractivity contribution in [1.82, 2.24) is 0 Å². The third kappa shape index (κ3) is 2.22. The van der Waals surface area contributed by atoms with Crippen molar-refractivity contribution in [3.8, 4) is 23.0 Å². The van der Waals surface area contributed by atoms with Crippen molar-refractivity contribution in [2.75, 3.05) is 21.3 Å². The number of ether oxygens (including phenoxy) is 4. The minimum absolute atomic E-state index is 0.327. The molecule has 0 N–H and O–H groups in total. The Kier molecular flexibility index (Phi) is 3.98. The quantitative estimate of drug-likeness (QED) is 0.635. The highest BCUT2D eigenvalue weighted by molar-refractivity contribution is 5.99. The molecule has 5 nitrogen and oxygen atoms in total. The molecule has 0 aliphatic rings. The van der Waals surface area contributed by atoms with Crippen molar-refractivity contribution < 1.29 is 23.7 Å². The molecule has 0 spiro atoms. The van der Waals surface area contributed by atoms with Gasteiger partial charge in [-0.3, -0.25) is 4.79 Å². The molecule has 106 valence electrons. The van der Waals surface area contributed by atoms with Crippen molar-refractivity contribution in [2.45, 2.75) is 6.92 Å². The summed E-state index contributed by atoms with van der Waals surface area (Å²) in [5.74, 6) is 1.16. The molecule has 20 heavy (non-hydrogen) atoms. The van der Waals surface area contributed by atoms with Gasteiger partial charge in [0.15, 0.2) is 11.5 Å². The van der Waals surface area contributed by atoms with E-state index in [0.717, 1.165) is 10.8 Å². The highest BCUT2D eigenvalue weighted by atomic mass is 16.6. The predicted octanol–water partition coefficient (Wildman–Crippen LogP) is 2.79. The van der Waals surface area contributed by atoms with Crippen LogP contribution in [0.15, 0.2) is 24.3 Å². The van der Waals surface area contributed by atoms with Crippen LogP contribution in [0, 0.1) is 0 Å². The van der Waals surface area contributed by atoms with Gasteiger partial charge in [-0.05, 0) is 0 Å². The number of carbonyl (C=O) groups excluding carboxylic acids is 1. The van der Waals surface area contributed by atoms with Crippen LogP contribution in [0.3, 0.4) is 0 Å². The van der Waals surface area contributed by atoms with Gasteiger partial charge in [0, 0.05) is 17.7 Å². The number of benzene rings is 2. The lowest BCUT2D eigenvalue weighted by molar-refractivity contribution is -0.131. The van der Waals surface area contributed by atoms with Gasteiger partial charge in [-0.1, -0.05) is 24.3 Å². The van der Waals surface area contributed by atoms with Crippen molar-refractivity contribution in [3.63, 3.8) is 0 Å². The molecule has 0 fully saturated rings. The second-order valence-corrected chi connectivity index (χ2v) is 4.07. The maximum absolute atomic E-state index is 11.3. The van der Waals surface area contributed by atoms with Crippen LogP contribution in [0.1, 0.15) is 6.92 Å². The summed E-state index contributed by atoms with van der Waals surface area (Å²) in [6, 6.07) is 7.41. The van der Waals surface area contributed by atoms with Gasteiger partial charge in [0.2, 0.25) is 11.5 Å². The summed E-state index contributed by atoms with van der Waals surface area (Å²) in [7, 11) is 4.54. The van der Waals surface area contributed by atoms with Crippen LogP contribution in [0.5, 0.6) is 23.0 Å². The number of hydrogen-bond donors (Lipinski definition) is 0. The van der Waals surface area contributed by atoms with E-state index in [-0.39, 0.29) is 0 Å². The van der Waals surface area contributed by atoms with Gasteiger partial charge >= 0.3 is 5.97 Å². The Morgan fingerprint density at radius 3 is 1.70 bits per heavy atom. The third-order valence-electron chi connectivity index (χ3n) is 2.89. The van der Waals surface area contributed by atoms with E-state index in [4.69, 9.17) is 18.9 Å². The van der Waals surface area contributed by atoms with E-state index < -0.39 is 5.97 Å². The third-order valence-corrected chi connectivity index (χ3v) is 2.89. The lowest BCUT2D eigenvalue weighted by Gasteiger charge is -2.18. The van der Waals surface area contributed by atoms with Crippen LogP contribution < -0.4 is 18.9 Å². The van der Waals surface area contributed by atoms with Gasteiger partial charge in [-0.2, -0.15) is 0 Å². The minimum Gasteiger partial charge on any atom is -0.492 e. The largest absolute Gasteiger partial charge is 0.492 e. The zero-order chi connectivity index (χ0) is 14.7. The Morgan fingerprint density at radius 2 is 1.25 bits per heavy atom. The molecule has 0 bridgehead atoms. The second kappa shape index (κ2) is 5.69. The van der Waals surface area contributed by atoms with Crippen molar-refractivity contribution >= 4 is 16.7 Å². The minimum atomic E-state index is -0.430. The molecule has 0 saturated carbocycles. The average molecular weight is 276 g/mol. The Balaban J connectivity index is 2.90. The first-order chi connectivity index (χ1) is 9.63. The molecule has 2 aromatic carbocycles. The molecule has 0 aromatic heterocycles. The van der Waals surface area contributed by atoms with Gasteiger partial charge in [-0.15, -0.1) is 0 Å². The van der Waals surface area contributed by atoms with E-state index in [0.29, 0.717) is 23.0 Å². The summed E-state index contributed by atoms with van der Waals surface area (Å²) >= 11 is 0. The number of carbonyl (C=O) groups is 1. The van der Waals surface area contributed by atoms with E-state index in [9.17, 15) is 4.79 Å². The Labute approximate surface area is 117 Å². The fourth-order valence-corrected chi connectivity index (χ4v) is 2.15. The first-order valence-electron chi connectivity index (χ1n) is 6.03. The zero-order valence-corrected chi connectivity index (χ0v) is 11.9. The summed E-state index contributed by atoms with van der Waals surface area (Å²) in [6.07, 6.45) is 0. The van der Waals surface area contributed by atoms with Crippen LogP contribution in [0.4, 0.5) is 0 Å². The topological polar surface area (TPSA) is 54.0 Å². The molecule has 0 unspecified atom stereocenters. The van der Waals surface area contributed by atoms with Crippen LogP contribution in [-0.4, -0.2) is 27.3 Å². The summed E-state index contributed by atoms with van der Waals surface area (Å²) in [5.41, 5.74) is 0. The SMILES string of the molecule is COc1c(OC)c(OC(C)=O)c2ccccc2c1OC. The van der Waals surface area contributed by atoms with E-state index >= 15 is 0 Å². The fraction of sp³-hybridized carbons (Fsp3) is 0.267. The maximum atomic E-state index is 11.3. The number of methoxy groups -OCH3 is 3. The summed E-state index contributed by atoms with van der Waals surface area (Å²) < 4.78 is 21.4. The molecule has 0 heterocycles. The van der Waals surface area contributed by atoms with Crippen molar-refractivity contribution in [2.24, 2.45) is 0 Å². The number of rotatable bonds is 4. The van der Waals surface area contributed by atoms with Gasteiger partial charge in [-0.25, -0.2) is 0 Å². The summed E-state index contributed by atoms with van der Waals surface area (Å²) in [4.78, 5) is 11.3. The molecule has 2 rings (SSSR count). The predicted molar refractivity (Wildman–Crippen MR) is 74.9 cm³/mol. The normalized spacial score (nSPS) is 10.2. The van der Waals surface area contributed by atoms with Crippen molar-refractivity contribution in [3.05, 3.63) is 24.3 Å². The van der Waals surface area contributed by atoms with Crippen LogP contribution >= 0.6 is 0 Å². The molecular weight excluding hydrogens is 260 g/mol. The smallest absolute Gasteiger partial charge is 0.308 e. The van der Waals surface area contributed by atoms with E-state index in [1.807, 2.05) is 24.3 Å². The molecule has 0 aliphatic heterocycles. The van der Waals surface area contributed by atoms with Crippen LogP contribution in [0.25, 0.3) is 10.8 Å². The standard InChI is InChI=1S/C15H16O5/c1-9(16)20-13-11-8-6-5-7-10(11)12(17-2)14(18-3)15(13)19-4/h5-8H,1-4H3. The van der Waals surface area contributed by atoms with E-state index in [2.05, 4.69) is 0 Å². The van der Waals surface area contributed by atoms with E-state index in [1.165, 1.54) is 21.1 Å². The van der Waals surface area contributed by atoms with Gasteiger partial charge in [0.25, 0.3) is 0 Å². The monoisotopic (exact) mass is 276 g/mol. The molecule has 0 aliphatic carbocycles. The highest BCUT2D eigenvalue weighted by Crippen LogP contribution is 2.50. The highest BCUT2D eigenvalue weighted by Gasteiger charge is 2.23. The first-order valence-corrected chi connectivity index (χ1v) is 6.03. The molecule has 0 saturated heterocycles. The van der Waals surface area contributed by atoms with Crippen LogP contribution in [-0.2, 0) is 4.79 Å². The maximum Gasteiger partial charge on any atom is 0.308 e. The van der Waals surface area contributed by atoms with Crippen LogP contribution in [0.2, 0.25) is 0 Å². The Morgan fingerprint density at radius 1 is 0.800 bits per heavy atom. The van der Waals surface area contributed by atoms with Gasteiger partial charge < -0.3 is 18.9 Å². The second-order valence-electron chi connectivity index (χ2n) is 4.07. The lowest BCUT2D eigenvalue weighted by Crippen LogP contribution is -2.05. The van der Waals surface area contributed by atoms with E-state index in [1.54, 1.807) is 7.11 Å². The number of esters is 1. The van der Waals surface area contributed by atoms with Gasteiger partial charge in [0.1, 0.15) is 0 Å². The van der Waals surface area contributed by atoms with Crippen molar-refractivity contribution in [1.29, 1.82) is 0 Å². The lowest BCUT2D eigenvalue weighted by atomic mass is 10.1. The molecule has 5 heteroatoms. The van der Waals surface area contributed by atoms with Gasteiger partial charge in [0.05, 0.1) is 21.3 Å². The molecule has 2 aromatic rings. The molecule has 0 atom stereocenters. The molecule has 0 radical (unpaired) electrons. The fourth-order valence-electron chi connectivity index (χ4n) is 2.15. The summed E-state index contributed by atoms with van der Waals surface area (Å²) in [5, 5.41) is 1.50. The number of fused-ring (bicyclic) bond motifs is 1. The Hall–Kier alpha value is -2.43. The summed E-state index contributed by atoms with van der Waals surface area (Å²) in [6.45, 7) is 1.34. The first kappa shape index (κ1) is 14.0. The average Bonchev–Trinajstić information content (AvgIpc) is 2.46. The number of hydrogen-bond acceptors (Lipinski definition) is 5.